The molecular weight excluding hydrogens is 262 g/mol. The van der Waals surface area contributed by atoms with Crippen LogP contribution in [0.4, 0.5) is 11.6 Å². The minimum Gasteiger partial charge on any atom is -0.321 e. The SMILES string of the molecule is Cc1ccc(C)c(-n2ncc(Nc3ncccn3)c2C)c1. The molecule has 3 aromatic rings. The summed E-state index contributed by atoms with van der Waals surface area (Å²) in [5.74, 6) is 0.570. The number of nitrogens with one attached hydrogen (secondary N) is 1. The van der Waals surface area contributed by atoms with Crippen LogP contribution in [0.3, 0.4) is 0 Å². The van der Waals surface area contributed by atoms with Gasteiger partial charge in [0, 0.05) is 12.4 Å². The fourth-order valence-corrected chi connectivity index (χ4v) is 2.21. The van der Waals surface area contributed by atoms with Gasteiger partial charge in [-0.1, -0.05) is 12.1 Å². The molecule has 0 amide bonds. The summed E-state index contributed by atoms with van der Waals surface area (Å²) in [6, 6.07) is 8.14. The highest BCUT2D eigenvalue weighted by Gasteiger charge is 2.11. The summed E-state index contributed by atoms with van der Waals surface area (Å²) < 4.78 is 1.94. The molecule has 106 valence electrons. The zero-order chi connectivity index (χ0) is 14.8. The Labute approximate surface area is 123 Å². The molecule has 0 aliphatic carbocycles. The Hall–Kier alpha value is -2.69. The van der Waals surface area contributed by atoms with Crippen molar-refractivity contribution in [2.24, 2.45) is 0 Å². The molecule has 0 spiro atoms. The first-order valence-electron chi connectivity index (χ1n) is 6.81. The lowest BCUT2D eigenvalue weighted by atomic mass is 10.1. The lowest BCUT2D eigenvalue weighted by Gasteiger charge is -2.10. The number of hydrogen-bond acceptors (Lipinski definition) is 4. The van der Waals surface area contributed by atoms with E-state index in [2.05, 4.69) is 52.4 Å². The van der Waals surface area contributed by atoms with E-state index < -0.39 is 0 Å². The van der Waals surface area contributed by atoms with E-state index in [0.29, 0.717) is 5.95 Å². The van der Waals surface area contributed by atoms with Crippen LogP contribution in [0.15, 0.2) is 42.9 Å². The molecule has 1 N–H and O–H groups in total. The van der Waals surface area contributed by atoms with Gasteiger partial charge in [0.25, 0.3) is 0 Å². The van der Waals surface area contributed by atoms with E-state index in [0.717, 1.165) is 17.1 Å². The van der Waals surface area contributed by atoms with Crippen molar-refractivity contribution in [3.05, 3.63) is 59.7 Å². The quantitative estimate of drug-likeness (QED) is 0.799. The first-order valence-corrected chi connectivity index (χ1v) is 6.81. The second-order valence-corrected chi connectivity index (χ2v) is 5.04. The highest BCUT2D eigenvalue weighted by Crippen LogP contribution is 2.23. The second-order valence-electron chi connectivity index (χ2n) is 5.04. The summed E-state index contributed by atoms with van der Waals surface area (Å²) >= 11 is 0. The minimum absolute atomic E-state index is 0.570. The average molecular weight is 279 g/mol. The number of nitrogens with zero attached hydrogens (tertiary/aromatic N) is 4. The number of anilines is 2. The molecule has 2 aromatic heterocycles. The lowest BCUT2D eigenvalue weighted by Crippen LogP contribution is -2.03. The smallest absolute Gasteiger partial charge is 0.227 e. The van der Waals surface area contributed by atoms with Crippen molar-refractivity contribution in [2.45, 2.75) is 20.8 Å². The maximum Gasteiger partial charge on any atom is 0.227 e. The van der Waals surface area contributed by atoms with Gasteiger partial charge in [0.1, 0.15) is 0 Å². The molecule has 0 saturated carbocycles. The highest BCUT2D eigenvalue weighted by atomic mass is 15.3. The monoisotopic (exact) mass is 279 g/mol. The molecule has 0 fully saturated rings. The van der Waals surface area contributed by atoms with E-state index in [4.69, 9.17) is 0 Å². The molecule has 0 atom stereocenters. The standard InChI is InChI=1S/C16H17N5/c1-11-5-6-12(2)15(9-11)21-13(3)14(10-19-21)20-16-17-7-4-8-18-16/h4-10H,1-3H3,(H,17,18,20). The van der Waals surface area contributed by atoms with Gasteiger partial charge < -0.3 is 5.32 Å². The topological polar surface area (TPSA) is 55.6 Å². The van der Waals surface area contributed by atoms with Crippen molar-refractivity contribution >= 4 is 11.6 Å². The van der Waals surface area contributed by atoms with Gasteiger partial charge in [-0.15, -0.1) is 0 Å². The van der Waals surface area contributed by atoms with Gasteiger partial charge in [-0.25, -0.2) is 14.6 Å². The van der Waals surface area contributed by atoms with Gasteiger partial charge in [0.05, 0.1) is 23.3 Å². The normalized spacial score (nSPS) is 10.6. The van der Waals surface area contributed by atoms with Crippen molar-refractivity contribution in [2.75, 3.05) is 5.32 Å². The molecule has 5 nitrogen and oxygen atoms in total. The van der Waals surface area contributed by atoms with E-state index in [9.17, 15) is 0 Å². The Morgan fingerprint density at radius 3 is 2.57 bits per heavy atom. The van der Waals surface area contributed by atoms with Crippen LogP contribution in [0.1, 0.15) is 16.8 Å². The first kappa shape index (κ1) is 13.3. The maximum absolute atomic E-state index is 4.48. The lowest BCUT2D eigenvalue weighted by molar-refractivity contribution is 0.839. The van der Waals surface area contributed by atoms with Gasteiger partial charge in [0.15, 0.2) is 0 Å². The van der Waals surface area contributed by atoms with E-state index in [1.165, 1.54) is 11.1 Å². The van der Waals surface area contributed by atoms with Crippen LogP contribution in [-0.4, -0.2) is 19.7 Å². The van der Waals surface area contributed by atoms with Gasteiger partial charge >= 0.3 is 0 Å². The summed E-state index contributed by atoms with van der Waals surface area (Å²) in [5, 5.41) is 7.67. The predicted molar refractivity (Wildman–Crippen MR) is 83.1 cm³/mol. The van der Waals surface area contributed by atoms with Crippen LogP contribution < -0.4 is 5.32 Å². The van der Waals surface area contributed by atoms with Crippen LogP contribution in [0, 0.1) is 20.8 Å². The first-order chi connectivity index (χ1) is 10.1. The van der Waals surface area contributed by atoms with Gasteiger partial charge in [-0.05, 0) is 44.0 Å². The van der Waals surface area contributed by atoms with E-state index >= 15 is 0 Å². The molecule has 21 heavy (non-hydrogen) atoms. The van der Waals surface area contributed by atoms with Crippen LogP contribution >= 0.6 is 0 Å². The Kier molecular flexibility index (Phi) is 3.39. The van der Waals surface area contributed by atoms with Gasteiger partial charge in [-0.3, -0.25) is 0 Å². The predicted octanol–water partition coefficient (Wildman–Crippen LogP) is 3.33. The van der Waals surface area contributed by atoms with Crippen LogP contribution in [0.25, 0.3) is 5.69 Å². The Balaban J connectivity index is 1.98. The molecule has 0 unspecified atom stereocenters. The molecule has 3 rings (SSSR count). The third-order valence-electron chi connectivity index (χ3n) is 3.41. The fraction of sp³-hybridized carbons (Fsp3) is 0.188. The van der Waals surface area contributed by atoms with Gasteiger partial charge in [0.2, 0.25) is 5.95 Å². The number of aromatic nitrogens is 4. The molecule has 1 aromatic carbocycles. The van der Waals surface area contributed by atoms with Crippen LogP contribution in [0.5, 0.6) is 0 Å². The highest BCUT2D eigenvalue weighted by molar-refractivity contribution is 5.57. The zero-order valence-corrected chi connectivity index (χ0v) is 12.3. The summed E-state index contributed by atoms with van der Waals surface area (Å²) in [6.07, 6.45) is 5.22. The van der Waals surface area contributed by atoms with E-state index in [1.54, 1.807) is 24.7 Å². The number of hydrogen-bond donors (Lipinski definition) is 1. The average Bonchev–Trinajstić information content (AvgIpc) is 2.84. The molecule has 0 saturated heterocycles. The van der Waals surface area contributed by atoms with Crippen molar-refractivity contribution in [1.82, 2.24) is 19.7 Å². The molecule has 5 heteroatoms. The molecule has 2 heterocycles. The Morgan fingerprint density at radius 1 is 1.05 bits per heavy atom. The molecule has 0 aliphatic rings. The largest absolute Gasteiger partial charge is 0.321 e. The summed E-state index contributed by atoms with van der Waals surface area (Å²) in [6.45, 7) is 6.20. The summed E-state index contributed by atoms with van der Waals surface area (Å²) in [5.41, 5.74) is 5.42. The second kappa shape index (κ2) is 5.36. The molecule has 0 bridgehead atoms. The van der Waals surface area contributed by atoms with E-state index in [1.807, 2.05) is 11.6 Å². The summed E-state index contributed by atoms with van der Waals surface area (Å²) in [7, 11) is 0. The van der Waals surface area contributed by atoms with Crippen LogP contribution in [0.2, 0.25) is 0 Å². The molecule has 0 aliphatic heterocycles. The van der Waals surface area contributed by atoms with Gasteiger partial charge in [-0.2, -0.15) is 5.10 Å². The third kappa shape index (κ3) is 2.63. The third-order valence-corrected chi connectivity index (χ3v) is 3.41. The summed E-state index contributed by atoms with van der Waals surface area (Å²) in [4.78, 5) is 8.34. The Morgan fingerprint density at radius 2 is 1.81 bits per heavy atom. The van der Waals surface area contributed by atoms with Crippen molar-refractivity contribution in [1.29, 1.82) is 0 Å². The molecule has 0 radical (unpaired) electrons. The zero-order valence-electron chi connectivity index (χ0n) is 12.3. The van der Waals surface area contributed by atoms with Crippen LogP contribution in [-0.2, 0) is 0 Å². The van der Waals surface area contributed by atoms with Crippen molar-refractivity contribution < 1.29 is 0 Å². The Bertz CT molecular complexity index is 762. The fourth-order valence-electron chi connectivity index (χ4n) is 2.21. The number of aryl methyl sites for hydroxylation is 2. The van der Waals surface area contributed by atoms with Crippen molar-refractivity contribution in [3.63, 3.8) is 0 Å². The maximum atomic E-state index is 4.48. The number of benzene rings is 1. The number of rotatable bonds is 3. The van der Waals surface area contributed by atoms with E-state index in [-0.39, 0.29) is 0 Å². The van der Waals surface area contributed by atoms with Crippen molar-refractivity contribution in [3.8, 4) is 5.69 Å². The minimum atomic E-state index is 0.570. The molecular formula is C16H17N5.